The Morgan fingerprint density at radius 2 is 1.90 bits per heavy atom. The van der Waals surface area contributed by atoms with Gasteiger partial charge in [0, 0.05) is 11.4 Å². The van der Waals surface area contributed by atoms with E-state index in [4.69, 9.17) is 25.8 Å². The van der Waals surface area contributed by atoms with Crippen LogP contribution >= 0.6 is 11.6 Å². The number of amides is 1. The summed E-state index contributed by atoms with van der Waals surface area (Å²) in [5.41, 5.74) is 3.96. The molecule has 1 N–H and O–H groups in total. The lowest BCUT2D eigenvalue weighted by atomic mass is 10.2. The van der Waals surface area contributed by atoms with Crippen molar-refractivity contribution in [2.75, 3.05) is 26.9 Å². The van der Waals surface area contributed by atoms with E-state index >= 15 is 0 Å². The largest absolute Gasteiger partial charge is 0.493 e. The average molecular weight is 421 g/mol. The van der Waals surface area contributed by atoms with E-state index in [0.29, 0.717) is 37.7 Å². The molecule has 0 saturated heterocycles. The minimum Gasteiger partial charge on any atom is -0.493 e. The molecular weight excluding hydrogens is 396 g/mol. The Morgan fingerprint density at radius 1 is 1.10 bits per heavy atom. The molecule has 2 aromatic carbocycles. The molecule has 7 nitrogen and oxygen atoms in total. The van der Waals surface area contributed by atoms with Crippen LogP contribution in [-0.2, 0) is 4.74 Å². The summed E-state index contributed by atoms with van der Waals surface area (Å²) < 4.78 is 21.6. The zero-order valence-corrected chi connectivity index (χ0v) is 17.5. The van der Waals surface area contributed by atoms with Crippen molar-refractivity contribution in [3.05, 3.63) is 52.5 Å². The predicted molar refractivity (Wildman–Crippen MR) is 113 cm³/mol. The van der Waals surface area contributed by atoms with E-state index < -0.39 is 6.09 Å². The van der Waals surface area contributed by atoms with Gasteiger partial charge >= 0.3 is 6.09 Å². The van der Waals surface area contributed by atoms with Gasteiger partial charge in [0.15, 0.2) is 11.5 Å². The normalized spacial score (nSPS) is 10.6. The second-order valence-electron chi connectivity index (χ2n) is 5.96. The number of benzene rings is 2. The summed E-state index contributed by atoms with van der Waals surface area (Å²) >= 11 is 6.01. The highest BCUT2D eigenvalue weighted by molar-refractivity contribution is 6.31. The number of carbonyl (C=O) groups excluding carboxylic acids is 1. The van der Waals surface area contributed by atoms with E-state index in [-0.39, 0.29) is 0 Å². The Labute approximate surface area is 175 Å². The molecule has 0 aromatic heterocycles. The molecule has 1 amide bonds. The van der Waals surface area contributed by atoms with Gasteiger partial charge in [-0.25, -0.2) is 10.2 Å². The summed E-state index contributed by atoms with van der Waals surface area (Å²) in [4.78, 5) is 11.0. The van der Waals surface area contributed by atoms with Gasteiger partial charge in [0.25, 0.3) is 0 Å². The predicted octanol–water partition coefficient (Wildman–Crippen LogP) is 4.58. The molecule has 0 aliphatic carbocycles. The lowest BCUT2D eigenvalue weighted by Crippen LogP contribution is -2.16. The number of hydrogen-bond donors (Lipinski definition) is 1. The Bertz CT molecular complexity index is 842. The summed E-state index contributed by atoms with van der Waals surface area (Å²) in [5, 5.41) is 4.52. The van der Waals surface area contributed by atoms with Gasteiger partial charge in [-0.15, -0.1) is 0 Å². The van der Waals surface area contributed by atoms with Crippen molar-refractivity contribution >= 4 is 23.9 Å². The maximum absolute atomic E-state index is 11.0. The van der Waals surface area contributed by atoms with E-state index in [1.54, 1.807) is 12.1 Å². The number of aryl methyl sites for hydroxylation is 1. The number of carbonyl (C=O) groups is 1. The number of ether oxygens (including phenoxy) is 4. The number of nitrogens with zero attached hydrogens (tertiary/aromatic N) is 1. The van der Waals surface area contributed by atoms with Crippen molar-refractivity contribution in [1.82, 2.24) is 5.43 Å². The maximum atomic E-state index is 11.0. The SMILES string of the molecule is CCOc1cc(/C=N/NC(=O)OC)ccc1OCCCOc1ccc(Cl)c(C)c1. The third kappa shape index (κ3) is 7.54. The maximum Gasteiger partial charge on any atom is 0.427 e. The van der Waals surface area contributed by atoms with Gasteiger partial charge in [-0.05, 0) is 61.4 Å². The summed E-state index contributed by atoms with van der Waals surface area (Å²) in [7, 11) is 1.27. The van der Waals surface area contributed by atoms with Gasteiger partial charge < -0.3 is 18.9 Å². The van der Waals surface area contributed by atoms with Crippen LogP contribution in [0.1, 0.15) is 24.5 Å². The zero-order chi connectivity index (χ0) is 21.1. The molecule has 0 fully saturated rings. The molecule has 0 unspecified atom stereocenters. The van der Waals surface area contributed by atoms with E-state index in [2.05, 4.69) is 15.3 Å². The average Bonchev–Trinajstić information content (AvgIpc) is 2.71. The fraction of sp³-hybridized carbons (Fsp3) is 0.333. The smallest absolute Gasteiger partial charge is 0.427 e. The molecule has 0 saturated carbocycles. The van der Waals surface area contributed by atoms with Gasteiger partial charge in [0.1, 0.15) is 5.75 Å². The Hall–Kier alpha value is -2.93. The van der Waals surface area contributed by atoms with Crippen molar-refractivity contribution in [3.63, 3.8) is 0 Å². The molecule has 2 aromatic rings. The highest BCUT2D eigenvalue weighted by Gasteiger charge is 2.06. The minimum atomic E-state index is -0.637. The molecule has 8 heteroatoms. The van der Waals surface area contributed by atoms with Crippen molar-refractivity contribution in [3.8, 4) is 17.2 Å². The highest BCUT2D eigenvalue weighted by atomic mass is 35.5. The van der Waals surface area contributed by atoms with Gasteiger partial charge in [0.2, 0.25) is 0 Å². The number of halogens is 1. The molecule has 0 aliphatic rings. The number of methoxy groups -OCH3 is 1. The number of hydrogen-bond acceptors (Lipinski definition) is 6. The molecule has 0 radical (unpaired) electrons. The van der Waals surface area contributed by atoms with Gasteiger partial charge in [0.05, 0.1) is 33.1 Å². The first-order chi connectivity index (χ1) is 14.0. The lowest BCUT2D eigenvalue weighted by molar-refractivity contribution is 0.171. The van der Waals surface area contributed by atoms with Crippen LogP contribution in [0, 0.1) is 6.92 Å². The lowest BCUT2D eigenvalue weighted by Gasteiger charge is -2.13. The number of nitrogens with one attached hydrogen (secondary N) is 1. The van der Waals surface area contributed by atoms with E-state index in [1.807, 2.05) is 38.1 Å². The summed E-state index contributed by atoms with van der Waals surface area (Å²) in [6.45, 7) is 5.33. The molecule has 156 valence electrons. The molecule has 0 spiro atoms. The highest BCUT2D eigenvalue weighted by Crippen LogP contribution is 2.28. The van der Waals surface area contributed by atoms with Crippen LogP contribution < -0.4 is 19.6 Å². The quantitative estimate of drug-likeness (QED) is 0.345. The molecular formula is C21H25ClN2O5. The van der Waals surface area contributed by atoms with Crippen molar-refractivity contribution in [2.45, 2.75) is 20.3 Å². The van der Waals surface area contributed by atoms with Crippen LogP contribution in [0.25, 0.3) is 0 Å². The van der Waals surface area contributed by atoms with Crippen LogP contribution in [-0.4, -0.2) is 39.2 Å². The van der Waals surface area contributed by atoms with E-state index in [9.17, 15) is 4.79 Å². The van der Waals surface area contributed by atoms with Gasteiger partial charge in [-0.2, -0.15) is 5.10 Å². The van der Waals surface area contributed by atoms with Crippen LogP contribution in [0.2, 0.25) is 5.02 Å². The third-order valence-corrected chi connectivity index (χ3v) is 4.19. The molecule has 29 heavy (non-hydrogen) atoms. The summed E-state index contributed by atoms with van der Waals surface area (Å²) in [6.07, 6.45) is 1.56. The first-order valence-corrected chi connectivity index (χ1v) is 9.57. The Morgan fingerprint density at radius 3 is 2.62 bits per heavy atom. The molecule has 0 aliphatic heterocycles. The van der Waals surface area contributed by atoms with Crippen molar-refractivity contribution < 1.29 is 23.7 Å². The van der Waals surface area contributed by atoms with E-state index in [1.165, 1.54) is 13.3 Å². The van der Waals surface area contributed by atoms with Crippen LogP contribution in [0.5, 0.6) is 17.2 Å². The molecule has 0 atom stereocenters. The fourth-order valence-electron chi connectivity index (χ4n) is 2.34. The first-order valence-electron chi connectivity index (χ1n) is 9.19. The van der Waals surface area contributed by atoms with Crippen LogP contribution in [0.4, 0.5) is 4.79 Å². The van der Waals surface area contributed by atoms with Crippen molar-refractivity contribution in [2.24, 2.45) is 5.10 Å². The van der Waals surface area contributed by atoms with Crippen molar-refractivity contribution in [1.29, 1.82) is 0 Å². The van der Waals surface area contributed by atoms with E-state index in [0.717, 1.165) is 21.9 Å². The minimum absolute atomic E-state index is 0.476. The Kier molecular flexibility index (Phi) is 9.11. The molecule has 0 heterocycles. The second-order valence-corrected chi connectivity index (χ2v) is 6.37. The third-order valence-electron chi connectivity index (χ3n) is 3.77. The standard InChI is InChI=1S/C21H25ClN2O5/c1-4-27-20-13-16(14-23-24-21(25)26-3)6-9-19(20)29-11-5-10-28-17-7-8-18(22)15(2)12-17/h6-9,12-14H,4-5,10-11H2,1-3H3,(H,24,25)/b23-14+. The summed E-state index contributed by atoms with van der Waals surface area (Å²) in [6, 6.07) is 11.0. The fourth-order valence-corrected chi connectivity index (χ4v) is 2.45. The van der Waals surface area contributed by atoms with Gasteiger partial charge in [-0.1, -0.05) is 11.6 Å². The summed E-state index contributed by atoms with van der Waals surface area (Å²) in [5.74, 6) is 2.02. The Balaban J connectivity index is 1.85. The number of rotatable bonds is 10. The van der Waals surface area contributed by atoms with Crippen LogP contribution in [0.15, 0.2) is 41.5 Å². The molecule has 2 rings (SSSR count). The topological polar surface area (TPSA) is 78.4 Å². The monoisotopic (exact) mass is 420 g/mol. The second kappa shape index (κ2) is 11.8. The van der Waals surface area contributed by atoms with Crippen LogP contribution in [0.3, 0.4) is 0 Å². The zero-order valence-electron chi connectivity index (χ0n) is 16.7. The first kappa shape index (κ1) is 22.4. The van der Waals surface area contributed by atoms with Gasteiger partial charge in [-0.3, -0.25) is 0 Å². The number of hydrazone groups is 1. The molecule has 0 bridgehead atoms.